The molecule has 0 fully saturated rings. The summed E-state index contributed by atoms with van der Waals surface area (Å²) in [6.07, 6.45) is 7.11. The van der Waals surface area contributed by atoms with Crippen molar-refractivity contribution in [1.29, 1.82) is 0 Å². The highest BCUT2D eigenvalue weighted by Gasteiger charge is 2.03. The van der Waals surface area contributed by atoms with Crippen molar-refractivity contribution in [1.82, 2.24) is 15.0 Å². The van der Waals surface area contributed by atoms with Gasteiger partial charge in [0.15, 0.2) is 5.16 Å². The number of aromatic nitrogens is 3. The van der Waals surface area contributed by atoms with Gasteiger partial charge in [-0.3, -0.25) is 0 Å². The van der Waals surface area contributed by atoms with Gasteiger partial charge < -0.3 is 0 Å². The smallest absolute Gasteiger partial charge is 0.177 e. The van der Waals surface area contributed by atoms with E-state index in [0.29, 0.717) is 0 Å². The van der Waals surface area contributed by atoms with Gasteiger partial charge in [-0.15, -0.1) is 0 Å². The highest BCUT2D eigenvalue weighted by molar-refractivity contribution is 8.22. The zero-order valence-electron chi connectivity index (χ0n) is 5.75. The van der Waals surface area contributed by atoms with Gasteiger partial charge in [-0.1, -0.05) is 12.2 Å². The molecule has 1 aromatic rings. The van der Waals surface area contributed by atoms with Crippen molar-refractivity contribution in [2.45, 2.75) is 5.16 Å². The predicted octanol–water partition coefficient (Wildman–Crippen LogP) is 1.27. The molecule has 0 atom stereocenters. The highest BCUT2D eigenvalue weighted by Crippen LogP contribution is 2.38. The number of thiol groups is 1. The molecule has 56 valence electrons. The van der Waals surface area contributed by atoms with Crippen LogP contribution >= 0.6 is 10.9 Å². The van der Waals surface area contributed by atoms with Crippen molar-refractivity contribution in [2.24, 2.45) is 0 Å². The monoisotopic (exact) mass is 165 g/mol. The average Bonchev–Trinajstić information content (AvgIpc) is 2.58. The summed E-state index contributed by atoms with van der Waals surface area (Å²) in [4.78, 5) is 11.9. The maximum atomic E-state index is 4.06. The van der Waals surface area contributed by atoms with Gasteiger partial charge in [0.25, 0.3) is 0 Å². The summed E-state index contributed by atoms with van der Waals surface area (Å²) in [5.41, 5.74) is 0. The fourth-order valence-corrected chi connectivity index (χ4v) is 2.14. The summed E-state index contributed by atoms with van der Waals surface area (Å²) in [6.45, 7) is 0. The lowest BCUT2D eigenvalue weighted by Crippen LogP contribution is -1.87. The first-order chi connectivity index (χ1) is 5.47. The van der Waals surface area contributed by atoms with Gasteiger partial charge >= 0.3 is 0 Å². The Morgan fingerprint density at radius 1 is 1.00 bits per heavy atom. The highest BCUT2D eigenvalue weighted by atomic mass is 32.2. The normalized spacial score (nSPS) is 17.6. The molecule has 0 unspecified atom stereocenters. The van der Waals surface area contributed by atoms with Crippen LogP contribution in [-0.4, -0.2) is 15.0 Å². The number of rotatable bonds is 1. The van der Waals surface area contributed by atoms with Crippen LogP contribution in [-0.2, 0) is 0 Å². The molecule has 0 bridgehead atoms. The van der Waals surface area contributed by atoms with E-state index in [9.17, 15) is 0 Å². The van der Waals surface area contributed by atoms with Crippen LogP contribution in [0.2, 0.25) is 0 Å². The maximum Gasteiger partial charge on any atom is 0.177 e. The maximum absolute atomic E-state index is 4.06. The predicted molar refractivity (Wildman–Crippen MR) is 45.4 cm³/mol. The zero-order valence-corrected chi connectivity index (χ0v) is 6.65. The summed E-state index contributed by atoms with van der Waals surface area (Å²) >= 11 is 0. The molecule has 1 aliphatic heterocycles. The fourth-order valence-electron chi connectivity index (χ4n) is 0.834. The van der Waals surface area contributed by atoms with Crippen molar-refractivity contribution in [2.75, 3.05) is 0 Å². The molecule has 0 amide bonds. The van der Waals surface area contributed by atoms with Gasteiger partial charge in [-0.2, -0.15) is 10.9 Å². The van der Waals surface area contributed by atoms with Gasteiger partial charge in [-0.05, 0) is 10.8 Å². The van der Waals surface area contributed by atoms with Crippen LogP contribution in [0.5, 0.6) is 0 Å². The van der Waals surface area contributed by atoms with Gasteiger partial charge in [0.2, 0.25) is 0 Å². The summed E-state index contributed by atoms with van der Waals surface area (Å²) in [6, 6.07) is 0. The first-order valence-corrected chi connectivity index (χ1v) is 4.70. The molecule has 0 aliphatic carbocycles. The number of nitrogens with zero attached hydrogens (tertiary/aromatic N) is 3. The summed E-state index contributed by atoms with van der Waals surface area (Å²) in [5.74, 6) is 0. The van der Waals surface area contributed by atoms with E-state index in [2.05, 4.69) is 25.8 Å². The van der Waals surface area contributed by atoms with Gasteiger partial charge in [-0.25, -0.2) is 15.0 Å². The Labute approximate surface area is 67.3 Å². The second-order valence-corrected chi connectivity index (χ2v) is 3.84. The molecule has 0 saturated carbocycles. The van der Waals surface area contributed by atoms with Crippen LogP contribution in [0.25, 0.3) is 0 Å². The van der Waals surface area contributed by atoms with Crippen molar-refractivity contribution in [3.63, 3.8) is 0 Å². The Bertz CT molecular complexity index is 282. The third-order valence-electron chi connectivity index (χ3n) is 1.32. The van der Waals surface area contributed by atoms with Crippen molar-refractivity contribution < 1.29 is 0 Å². The molecule has 0 saturated heterocycles. The Hall–Kier alpha value is -1.16. The molecule has 3 nitrogen and oxygen atoms in total. The van der Waals surface area contributed by atoms with Gasteiger partial charge in [0.05, 0.1) is 0 Å². The molecule has 0 N–H and O–H groups in total. The molecular formula is C7H7N3S. The van der Waals surface area contributed by atoms with Crippen LogP contribution in [0.1, 0.15) is 0 Å². The molecule has 11 heavy (non-hydrogen) atoms. The van der Waals surface area contributed by atoms with E-state index in [-0.39, 0.29) is 10.9 Å². The number of allylic oxidation sites excluding steroid dienone is 2. The van der Waals surface area contributed by atoms with Crippen molar-refractivity contribution in [3.8, 4) is 0 Å². The van der Waals surface area contributed by atoms with E-state index in [1.165, 1.54) is 12.7 Å². The average molecular weight is 165 g/mol. The SMILES string of the molecule is C1=C[SH](c2ncncn2)C=C1. The van der Waals surface area contributed by atoms with Gasteiger partial charge in [0.1, 0.15) is 12.7 Å². The summed E-state index contributed by atoms with van der Waals surface area (Å²) < 4.78 is 0. The third kappa shape index (κ3) is 1.30. The Kier molecular flexibility index (Phi) is 1.69. The minimum Gasteiger partial charge on any atom is -0.225 e. The molecule has 1 aliphatic rings. The minimum absolute atomic E-state index is 0.364. The topological polar surface area (TPSA) is 38.7 Å². The second kappa shape index (κ2) is 2.84. The summed E-state index contributed by atoms with van der Waals surface area (Å²) in [5, 5.41) is 5.11. The van der Waals surface area contributed by atoms with E-state index in [1.54, 1.807) is 0 Å². The van der Waals surface area contributed by atoms with Crippen LogP contribution < -0.4 is 0 Å². The number of hydrogen-bond donors (Lipinski definition) is 1. The molecule has 0 aromatic carbocycles. The fraction of sp³-hybridized carbons (Fsp3) is 0. The van der Waals surface area contributed by atoms with Crippen LogP contribution in [0.3, 0.4) is 0 Å². The quantitative estimate of drug-likeness (QED) is 0.637. The van der Waals surface area contributed by atoms with E-state index in [0.717, 1.165) is 5.16 Å². The molecular weight excluding hydrogens is 158 g/mol. The van der Waals surface area contributed by atoms with Crippen molar-refractivity contribution in [3.05, 3.63) is 35.6 Å². The Morgan fingerprint density at radius 3 is 2.27 bits per heavy atom. The standard InChI is InChI=1S/C7H7N3S/c1-2-4-11(3-1)7-9-5-8-6-10-7/h1-6,11H. The largest absolute Gasteiger partial charge is 0.225 e. The van der Waals surface area contributed by atoms with Gasteiger partial charge in [0, 0.05) is 0 Å². The van der Waals surface area contributed by atoms with Crippen LogP contribution in [0.4, 0.5) is 0 Å². The summed E-state index contributed by atoms with van der Waals surface area (Å²) in [7, 11) is -0.364. The van der Waals surface area contributed by atoms with E-state index < -0.39 is 0 Å². The lowest BCUT2D eigenvalue weighted by Gasteiger charge is -2.04. The Balaban J connectivity index is 2.30. The van der Waals surface area contributed by atoms with Crippen molar-refractivity contribution >= 4 is 10.9 Å². The molecule has 4 heteroatoms. The lowest BCUT2D eigenvalue weighted by molar-refractivity contribution is 0.902. The first-order valence-electron chi connectivity index (χ1n) is 3.22. The minimum atomic E-state index is -0.364. The first kappa shape index (κ1) is 6.54. The molecule has 2 rings (SSSR count). The Morgan fingerprint density at radius 2 is 1.64 bits per heavy atom. The molecule has 2 heterocycles. The molecule has 0 spiro atoms. The van der Waals surface area contributed by atoms with E-state index in [4.69, 9.17) is 0 Å². The zero-order chi connectivity index (χ0) is 7.52. The molecule has 1 aromatic heterocycles. The third-order valence-corrected chi connectivity index (χ3v) is 2.99. The van der Waals surface area contributed by atoms with E-state index >= 15 is 0 Å². The number of hydrogen-bond acceptors (Lipinski definition) is 3. The van der Waals surface area contributed by atoms with Crippen LogP contribution in [0.15, 0.2) is 40.8 Å². The van der Waals surface area contributed by atoms with Crippen LogP contribution in [0, 0.1) is 0 Å². The lowest BCUT2D eigenvalue weighted by atomic mass is 10.6. The molecule has 0 radical (unpaired) electrons. The van der Waals surface area contributed by atoms with E-state index in [1.807, 2.05) is 12.2 Å². The second-order valence-electron chi connectivity index (χ2n) is 2.03.